The van der Waals surface area contributed by atoms with Crippen molar-refractivity contribution in [2.24, 2.45) is 11.7 Å². The third-order valence-electron chi connectivity index (χ3n) is 3.94. The van der Waals surface area contributed by atoms with E-state index in [2.05, 4.69) is 17.4 Å². The third-order valence-corrected chi connectivity index (χ3v) is 4.96. The van der Waals surface area contributed by atoms with Gasteiger partial charge in [-0.1, -0.05) is 18.2 Å². The summed E-state index contributed by atoms with van der Waals surface area (Å²) >= 11 is 1.74. The zero-order valence-corrected chi connectivity index (χ0v) is 13.5. The summed E-state index contributed by atoms with van der Waals surface area (Å²) in [6, 6.07) is 10.2. The van der Waals surface area contributed by atoms with Crippen molar-refractivity contribution in [3.63, 3.8) is 0 Å². The highest BCUT2D eigenvalue weighted by atomic mass is 32.2. The zero-order chi connectivity index (χ0) is 15.8. The second kappa shape index (κ2) is 8.80. The van der Waals surface area contributed by atoms with E-state index in [1.807, 2.05) is 18.2 Å². The molecule has 2 rings (SSSR count). The highest BCUT2D eigenvalue weighted by molar-refractivity contribution is 7.99. The Morgan fingerprint density at radius 3 is 2.55 bits per heavy atom. The molecule has 1 aromatic rings. The van der Waals surface area contributed by atoms with Crippen molar-refractivity contribution in [2.45, 2.75) is 17.7 Å². The van der Waals surface area contributed by atoms with E-state index < -0.39 is 0 Å². The molecule has 0 saturated carbocycles. The van der Waals surface area contributed by atoms with Gasteiger partial charge in [0.05, 0.1) is 13.1 Å². The third kappa shape index (κ3) is 5.69. The summed E-state index contributed by atoms with van der Waals surface area (Å²) in [6.07, 6.45) is 1.59. The van der Waals surface area contributed by atoms with Gasteiger partial charge in [0.1, 0.15) is 0 Å². The van der Waals surface area contributed by atoms with Gasteiger partial charge in [-0.3, -0.25) is 9.59 Å². The highest BCUT2D eigenvalue weighted by Crippen LogP contribution is 2.15. The lowest BCUT2D eigenvalue weighted by Crippen LogP contribution is -3.14. The molecule has 0 spiro atoms. The Bertz CT molecular complexity index is 487. The number of rotatable bonds is 7. The molecule has 1 heterocycles. The number of nitrogens with one attached hydrogen (secondary N) is 2. The van der Waals surface area contributed by atoms with Crippen LogP contribution >= 0.6 is 11.8 Å². The molecule has 0 unspecified atom stereocenters. The molecule has 1 aromatic carbocycles. The molecule has 1 saturated heterocycles. The average molecular weight is 322 g/mol. The number of thioether (sulfide) groups is 1. The Balaban J connectivity index is 1.57. The van der Waals surface area contributed by atoms with E-state index in [1.165, 1.54) is 9.80 Å². The lowest BCUT2D eigenvalue weighted by Gasteiger charge is -2.27. The van der Waals surface area contributed by atoms with E-state index in [4.69, 9.17) is 5.73 Å². The molecular formula is C16H24N3O2S+. The maximum Gasteiger partial charge on any atom is 0.275 e. The number of nitrogens with two attached hydrogens (primary N) is 1. The van der Waals surface area contributed by atoms with Crippen molar-refractivity contribution in [3.8, 4) is 0 Å². The van der Waals surface area contributed by atoms with Gasteiger partial charge in [0.2, 0.25) is 5.91 Å². The Labute approximate surface area is 135 Å². The number of carbonyl (C=O) groups is 2. The Morgan fingerprint density at radius 1 is 1.23 bits per heavy atom. The molecule has 0 bridgehead atoms. The van der Waals surface area contributed by atoms with Crippen molar-refractivity contribution in [1.82, 2.24) is 5.32 Å². The number of likely N-dealkylation sites (tertiary alicyclic amines) is 1. The molecule has 0 aliphatic carbocycles. The van der Waals surface area contributed by atoms with E-state index in [0.29, 0.717) is 13.1 Å². The molecule has 0 radical (unpaired) electrons. The minimum absolute atomic E-state index is 0.00548. The average Bonchev–Trinajstić information content (AvgIpc) is 2.53. The normalized spacial score (nSPS) is 21.3. The minimum Gasteiger partial charge on any atom is -0.369 e. The fourth-order valence-electron chi connectivity index (χ4n) is 2.65. The fraction of sp³-hybridized carbons (Fsp3) is 0.500. The predicted molar refractivity (Wildman–Crippen MR) is 87.7 cm³/mol. The molecule has 1 aliphatic heterocycles. The molecule has 5 nitrogen and oxygen atoms in total. The number of piperidine rings is 1. The summed E-state index contributed by atoms with van der Waals surface area (Å²) in [6.45, 7) is 2.86. The smallest absolute Gasteiger partial charge is 0.275 e. The van der Waals surface area contributed by atoms with Crippen LogP contribution in [0.5, 0.6) is 0 Å². The second-order valence-corrected chi connectivity index (χ2v) is 6.78. The Morgan fingerprint density at radius 2 is 1.91 bits per heavy atom. The number of hydrogen-bond acceptors (Lipinski definition) is 3. The van der Waals surface area contributed by atoms with E-state index in [9.17, 15) is 9.59 Å². The highest BCUT2D eigenvalue weighted by Gasteiger charge is 2.26. The fourth-order valence-corrected chi connectivity index (χ4v) is 3.44. The Kier molecular flexibility index (Phi) is 6.74. The largest absolute Gasteiger partial charge is 0.369 e. The molecule has 2 amide bonds. The van der Waals surface area contributed by atoms with Crippen LogP contribution in [0.2, 0.25) is 0 Å². The van der Waals surface area contributed by atoms with Gasteiger partial charge in [0, 0.05) is 36.0 Å². The van der Waals surface area contributed by atoms with Gasteiger partial charge in [-0.2, -0.15) is 0 Å². The number of amides is 2. The Hall–Kier alpha value is -1.53. The topological polar surface area (TPSA) is 76.6 Å². The number of carbonyl (C=O) groups excluding carboxylic acids is 2. The van der Waals surface area contributed by atoms with Crippen LogP contribution in [0.1, 0.15) is 12.8 Å². The van der Waals surface area contributed by atoms with Gasteiger partial charge in [-0.15, -0.1) is 11.8 Å². The maximum atomic E-state index is 11.9. The van der Waals surface area contributed by atoms with E-state index >= 15 is 0 Å². The maximum absolute atomic E-state index is 11.9. The zero-order valence-electron chi connectivity index (χ0n) is 12.7. The van der Waals surface area contributed by atoms with Gasteiger partial charge in [0.25, 0.3) is 5.91 Å². The standard InChI is InChI=1S/C16H23N3O2S/c17-16(21)13-6-9-19(10-7-13)12-15(20)18-8-11-22-14-4-2-1-3-5-14/h1-5,13H,6-12H2,(H2,17,21)(H,18,20)/p+1. The number of hydrogen-bond donors (Lipinski definition) is 3. The minimum atomic E-state index is -0.207. The first kappa shape index (κ1) is 16.8. The SMILES string of the molecule is NC(=O)C1CC[NH+](CC(=O)NCCSc2ccccc2)CC1. The van der Waals surface area contributed by atoms with Gasteiger partial charge >= 0.3 is 0 Å². The van der Waals surface area contributed by atoms with E-state index in [1.54, 1.807) is 11.8 Å². The molecule has 22 heavy (non-hydrogen) atoms. The van der Waals surface area contributed by atoms with Crippen LogP contribution in [0.25, 0.3) is 0 Å². The van der Waals surface area contributed by atoms with Crippen molar-refractivity contribution in [2.75, 3.05) is 31.9 Å². The van der Waals surface area contributed by atoms with Gasteiger partial charge in [-0.05, 0) is 12.1 Å². The summed E-state index contributed by atoms with van der Waals surface area (Å²) in [7, 11) is 0. The van der Waals surface area contributed by atoms with Crippen LogP contribution in [0.3, 0.4) is 0 Å². The van der Waals surface area contributed by atoms with Crippen molar-refractivity contribution in [3.05, 3.63) is 30.3 Å². The van der Waals surface area contributed by atoms with Crippen LogP contribution < -0.4 is 16.0 Å². The lowest BCUT2D eigenvalue weighted by atomic mass is 9.96. The van der Waals surface area contributed by atoms with Crippen LogP contribution in [-0.4, -0.2) is 43.7 Å². The second-order valence-electron chi connectivity index (χ2n) is 5.61. The van der Waals surface area contributed by atoms with Crippen LogP contribution in [0.15, 0.2) is 35.2 Å². The van der Waals surface area contributed by atoms with Crippen LogP contribution in [-0.2, 0) is 9.59 Å². The van der Waals surface area contributed by atoms with E-state index in [-0.39, 0.29) is 17.7 Å². The van der Waals surface area contributed by atoms with Gasteiger partial charge in [-0.25, -0.2) is 0 Å². The number of primary amides is 1. The predicted octanol–water partition coefficient (Wildman–Crippen LogP) is -0.325. The first-order valence-electron chi connectivity index (χ1n) is 7.72. The van der Waals surface area contributed by atoms with Gasteiger partial charge < -0.3 is 16.0 Å². The first-order chi connectivity index (χ1) is 10.6. The lowest BCUT2D eigenvalue weighted by molar-refractivity contribution is -0.897. The summed E-state index contributed by atoms with van der Waals surface area (Å²) in [4.78, 5) is 25.5. The molecule has 1 aliphatic rings. The summed E-state index contributed by atoms with van der Waals surface area (Å²) in [5, 5.41) is 2.96. The first-order valence-corrected chi connectivity index (χ1v) is 8.71. The van der Waals surface area contributed by atoms with Crippen molar-refractivity contribution >= 4 is 23.6 Å². The molecule has 0 aromatic heterocycles. The number of benzene rings is 1. The summed E-state index contributed by atoms with van der Waals surface area (Å²) in [5.41, 5.74) is 5.31. The summed E-state index contributed by atoms with van der Waals surface area (Å²) < 4.78 is 0. The van der Waals surface area contributed by atoms with Crippen molar-refractivity contribution in [1.29, 1.82) is 0 Å². The molecular weight excluding hydrogens is 298 g/mol. The van der Waals surface area contributed by atoms with Crippen molar-refractivity contribution < 1.29 is 14.5 Å². The molecule has 1 fully saturated rings. The van der Waals surface area contributed by atoms with Gasteiger partial charge in [0.15, 0.2) is 6.54 Å². The molecule has 0 atom stereocenters. The van der Waals surface area contributed by atoms with E-state index in [0.717, 1.165) is 31.7 Å². The molecule has 6 heteroatoms. The molecule has 4 N–H and O–H groups in total. The molecule has 120 valence electrons. The van der Waals surface area contributed by atoms with Crippen LogP contribution in [0.4, 0.5) is 0 Å². The van der Waals surface area contributed by atoms with Crippen LogP contribution in [0, 0.1) is 5.92 Å². The monoisotopic (exact) mass is 322 g/mol. The summed E-state index contributed by atoms with van der Waals surface area (Å²) in [5.74, 6) is 0.742. The number of quaternary nitrogens is 1. The quantitative estimate of drug-likeness (QED) is 0.475.